The smallest absolute Gasteiger partial charge is 0.288 e. The van der Waals surface area contributed by atoms with Crippen LogP contribution in [-0.2, 0) is 0 Å². The molecule has 18 heavy (non-hydrogen) atoms. The van der Waals surface area contributed by atoms with Crippen LogP contribution in [0.2, 0.25) is 5.02 Å². The summed E-state index contributed by atoms with van der Waals surface area (Å²) >= 11 is 5.82. The number of benzene rings is 1. The van der Waals surface area contributed by atoms with Crippen molar-refractivity contribution in [3.05, 3.63) is 50.5 Å². The molecule has 0 bridgehead atoms. The van der Waals surface area contributed by atoms with Gasteiger partial charge in [-0.15, -0.1) is 0 Å². The molecular weight excluding hydrogens is 256 g/mol. The number of nitrogens with zero attached hydrogens (tertiary/aromatic N) is 1. The third-order valence-electron chi connectivity index (χ3n) is 2.19. The van der Waals surface area contributed by atoms with Gasteiger partial charge in [-0.1, -0.05) is 29.3 Å². The highest BCUT2D eigenvalue weighted by molar-refractivity contribution is 6.35. The van der Waals surface area contributed by atoms with Crippen LogP contribution in [0.25, 0.3) is 0 Å². The number of halogens is 1. The second-order valence-electron chi connectivity index (χ2n) is 3.89. The van der Waals surface area contributed by atoms with E-state index in [1.807, 2.05) is 19.9 Å². The van der Waals surface area contributed by atoms with Gasteiger partial charge in [0.1, 0.15) is 5.02 Å². The number of nitro groups is 1. The van der Waals surface area contributed by atoms with Gasteiger partial charge in [0.05, 0.1) is 10.5 Å². The molecule has 0 saturated carbocycles. The van der Waals surface area contributed by atoms with Crippen molar-refractivity contribution in [2.45, 2.75) is 13.8 Å². The summed E-state index contributed by atoms with van der Waals surface area (Å²) in [5.41, 5.74) is 0.903. The molecule has 0 aliphatic carbocycles. The second-order valence-corrected chi connectivity index (χ2v) is 4.27. The average Bonchev–Trinajstić information content (AvgIpc) is 2.28. The fourth-order valence-electron chi connectivity index (χ4n) is 1.28. The number of carbonyl (C=O) groups is 1. The lowest BCUT2D eigenvalue weighted by atomic mass is 10.2. The number of nitro benzene ring substituents is 1. The molecule has 0 fully saturated rings. The van der Waals surface area contributed by atoms with Crippen molar-refractivity contribution in [3.8, 4) is 0 Å². The largest absolute Gasteiger partial charge is 0.349 e. The fourth-order valence-corrected chi connectivity index (χ4v) is 1.56. The van der Waals surface area contributed by atoms with E-state index in [4.69, 9.17) is 11.6 Å². The second kappa shape index (κ2) is 6.16. The maximum Gasteiger partial charge on any atom is 0.288 e. The lowest BCUT2D eigenvalue weighted by molar-refractivity contribution is -0.384. The Labute approximate surface area is 110 Å². The third kappa shape index (κ3) is 3.56. The van der Waals surface area contributed by atoms with Crippen LogP contribution >= 0.6 is 11.6 Å². The van der Waals surface area contributed by atoms with Gasteiger partial charge in [0, 0.05) is 12.6 Å². The predicted molar refractivity (Wildman–Crippen MR) is 69.9 cm³/mol. The Balaban J connectivity index is 2.90. The van der Waals surface area contributed by atoms with Crippen LogP contribution in [0.15, 0.2) is 29.8 Å². The van der Waals surface area contributed by atoms with Gasteiger partial charge in [0.2, 0.25) is 0 Å². The van der Waals surface area contributed by atoms with Crippen LogP contribution in [0.3, 0.4) is 0 Å². The van der Waals surface area contributed by atoms with Gasteiger partial charge in [-0.05, 0) is 19.9 Å². The number of hydrogen-bond donors (Lipinski definition) is 1. The van der Waals surface area contributed by atoms with Crippen LogP contribution in [0.1, 0.15) is 24.2 Å². The van der Waals surface area contributed by atoms with E-state index < -0.39 is 10.8 Å². The molecule has 0 heterocycles. The quantitative estimate of drug-likeness (QED) is 0.518. The summed E-state index contributed by atoms with van der Waals surface area (Å²) in [6, 6.07) is 4.14. The normalized spacial score (nSPS) is 9.72. The molecule has 0 radical (unpaired) electrons. The zero-order valence-corrected chi connectivity index (χ0v) is 10.8. The Morgan fingerprint density at radius 2 is 2.17 bits per heavy atom. The van der Waals surface area contributed by atoms with Crippen molar-refractivity contribution in [2.24, 2.45) is 0 Å². The maximum atomic E-state index is 11.8. The van der Waals surface area contributed by atoms with Crippen LogP contribution in [0.4, 0.5) is 5.69 Å². The number of rotatable bonds is 4. The molecule has 0 aromatic heterocycles. The van der Waals surface area contributed by atoms with Gasteiger partial charge >= 0.3 is 0 Å². The molecule has 0 aliphatic heterocycles. The van der Waals surface area contributed by atoms with Crippen molar-refractivity contribution in [1.29, 1.82) is 0 Å². The van der Waals surface area contributed by atoms with E-state index >= 15 is 0 Å². The molecule has 5 nitrogen and oxygen atoms in total. The minimum Gasteiger partial charge on any atom is -0.349 e. The molecule has 1 amide bonds. The molecule has 0 unspecified atom stereocenters. The number of amides is 1. The summed E-state index contributed by atoms with van der Waals surface area (Å²) in [6.07, 6.45) is 1.84. The highest BCUT2D eigenvalue weighted by Crippen LogP contribution is 2.27. The monoisotopic (exact) mass is 268 g/mol. The van der Waals surface area contributed by atoms with E-state index in [-0.39, 0.29) is 16.3 Å². The van der Waals surface area contributed by atoms with Crippen molar-refractivity contribution >= 4 is 23.2 Å². The van der Waals surface area contributed by atoms with E-state index in [1.165, 1.54) is 18.2 Å². The molecule has 96 valence electrons. The zero-order valence-electron chi connectivity index (χ0n) is 10.1. The molecule has 1 N–H and O–H groups in total. The maximum absolute atomic E-state index is 11.8. The lowest BCUT2D eigenvalue weighted by Crippen LogP contribution is -2.23. The highest BCUT2D eigenvalue weighted by Gasteiger charge is 2.19. The summed E-state index contributed by atoms with van der Waals surface area (Å²) in [5.74, 6) is -0.429. The number of nitrogens with one attached hydrogen (secondary N) is 1. The van der Waals surface area contributed by atoms with Gasteiger partial charge in [-0.25, -0.2) is 0 Å². The van der Waals surface area contributed by atoms with Crippen LogP contribution < -0.4 is 5.32 Å². The van der Waals surface area contributed by atoms with Crippen molar-refractivity contribution < 1.29 is 9.72 Å². The Morgan fingerprint density at radius 1 is 1.50 bits per heavy atom. The molecule has 6 heteroatoms. The minimum absolute atomic E-state index is 0.105. The molecule has 1 rings (SSSR count). The molecule has 0 atom stereocenters. The van der Waals surface area contributed by atoms with E-state index in [2.05, 4.69) is 5.32 Å². The number of allylic oxidation sites excluding steroid dienone is 1. The van der Waals surface area contributed by atoms with Crippen molar-refractivity contribution in [3.63, 3.8) is 0 Å². The molecule has 1 aromatic carbocycles. The van der Waals surface area contributed by atoms with Crippen molar-refractivity contribution in [2.75, 3.05) is 6.54 Å². The zero-order chi connectivity index (χ0) is 13.7. The summed E-state index contributed by atoms with van der Waals surface area (Å²) < 4.78 is 0. The first-order valence-corrected chi connectivity index (χ1v) is 5.65. The molecule has 0 spiro atoms. The Bertz CT molecular complexity index is 508. The average molecular weight is 269 g/mol. The lowest BCUT2D eigenvalue weighted by Gasteiger charge is -2.05. The summed E-state index contributed by atoms with van der Waals surface area (Å²) in [7, 11) is 0. The van der Waals surface area contributed by atoms with E-state index in [9.17, 15) is 14.9 Å². The van der Waals surface area contributed by atoms with Gasteiger partial charge < -0.3 is 5.32 Å². The summed E-state index contributed by atoms with van der Waals surface area (Å²) in [4.78, 5) is 21.8. The summed E-state index contributed by atoms with van der Waals surface area (Å²) in [6.45, 7) is 4.18. The van der Waals surface area contributed by atoms with Crippen molar-refractivity contribution in [1.82, 2.24) is 5.32 Å². The van der Waals surface area contributed by atoms with Gasteiger partial charge in [0.25, 0.3) is 11.6 Å². The topological polar surface area (TPSA) is 72.2 Å². The fraction of sp³-hybridized carbons (Fsp3) is 0.250. The third-order valence-corrected chi connectivity index (χ3v) is 2.59. The first-order valence-electron chi connectivity index (χ1n) is 5.28. The first-order chi connectivity index (χ1) is 8.43. The minimum atomic E-state index is -0.616. The predicted octanol–water partition coefficient (Wildman–Crippen LogP) is 2.94. The Kier molecular flexibility index (Phi) is 4.85. The number of hydrogen-bond acceptors (Lipinski definition) is 3. The molecule has 0 aliphatic rings. The summed E-state index contributed by atoms with van der Waals surface area (Å²) in [5, 5.41) is 13.2. The first kappa shape index (κ1) is 14.2. The van der Waals surface area contributed by atoms with E-state index in [0.29, 0.717) is 6.54 Å². The van der Waals surface area contributed by atoms with Gasteiger partial charge in [0.15, 0.2) is 0 Å². The Hall–Kier alpha value is -1.88. The van der Waals surface area contributed by atoms with Gasteiger partial charge in [-0.2, -0.15) is 0 Å². The standard InChI is InChI=1S/C12H13ClN2O3/c1-8(2)6-7-14-12(16)9-4-3-5-10(11(9)13)15(17)18/h3-6H,7H2,1-2H3,(H,14,16). The molecule has 1 aromatic rings. The molecule has 0 saturated heterocycles. The Morgan fingerprint density at radius 3 is 2.72 bits per heavy atom. The van der Waals surface area contributed by atoms with Gasteiger partial charge in [-0.3, -0.25) is 14.9 Å². The van der Waals surface area contributed by atoms with Crippen LogP contribution in [0.5, 0.6) is 0 Å². The van der Waals surface area contributed by atoms with E-state index in [0.717, 1.165) is 5.57 Å². The van der Waals surface area contributed by atoms with Crippen LogP contribution in [0, 0.1) is 10.1 Å². The van der Waals surface area contributed by atoms with Crippen LogP contribution in [-0.4, -0.2) is 17.4 Å². The molecular formula is C12H13ClN2O3. The highest BCUT2D eigenvalue weighted by atomic mass is 35.5. The SMILES string of the molecule is CC(C)=CCNC(=O)c1cccc([N+](=O)[O-])c1Cl. The van der Waals surface area contributed by atoms with E-state index in [1.54, 1.807) is 0 Å². The number of carbonyl (C=O) groups excluding carboxylic acids is 1.